The Morgan fingerprint density at radius 2 is 1.67 bits per heavy atom. The molecule has 0 aliphatic heterocycles. The van der Waals surface area contributed by atoms with Crippen LogP contribution < -0.4 is 14.4 Å². The van der Waals surface area contributed by atoms with E-state index in [9.17, 15) is 13.2 Å². The third-order valence-electron chi connectivity index (χ3n) is 4.55. The number of nitrogens with zero attached hydrogens (tertiary/aromatic N) is 1. The number of sulfonamides is 1. The zero-order valence-corrected chi connectivity index (χ0v) is 17.7. The first kappa shape index (κ1) is 21.4. The maximum Gasteiger partial charge on any atom is 0.264 e. The Morgan fingerprint density at radius 1 is 0.967 bits per heavy atom. The number of para-hydroxylation sites is 1. The molecular formula is C23H24N2O4S. The van der Waals surface area contributed by atoms with Crippen LogP contribution in [-0.2, 0) is 21.4 Å². The lowest BCUT2D eigenvalue weighted by Crippen LogP contribution is -2.40. The van der Waals surface area contributed by atoms with Gasteiger partial charge in [0.25, 0.3) is 10.0 Å². The highest BCUT2D eigenvalue weighted by molar-refractivity contribution is 7.92. The van der Waals surface area contributed by atoms with Gasteiger partial charge in [0.1, 0.15) is 12.3 Å². The minimum absolute atomic E-state index is 0.0821. The molecule has 3 rings (SSSR count). The van der Waals surface area contributed by atoms with Crippen LogP contribution in [0.5, 0.6) is 5.75 Å². The summed E-state index contributed by atoms with van der Waals surface area (Å²) in [5.74, 6) is 0.161. The second kappa shape index (κ2) is 9.45. The summed E-state index contributed by atoms with van der Waals surface area (Å²) in [6, 6.07) is 22.5. The molecule has 0 aromatic heterocycles. The van der Waals surface area contributed by atoms with E-state index in [1.54, 1.807) is 42.5 Å². The van der Waals surface area contributed by atoms with E-state index in [0.29, 0.717) is 18.0 Å². The van der Waals surface area contributed by atoms with Gasteiger partial charge < -0.3 is 10.1 Å². The molecule has 0 saturated heterocycles. The average Bonchev–Trinajstić information content (AvgIpc) is 2.76. The number of benzene rings is 3. The monoisotopic (exact) mass is 424 g/mol. The number of methoxy groups -OCH3 is 1. The van der Waals surface area contributed by atoms with Crippen molar-refractivity contribution in [1.29, 1.82) is 0 Å². The lowest BCUT2D eigenvalue weighted by Gasteiger charge is -2.24. The van der Waals surface area contributed by atoms with Crippen LogP contribution in [0.15, 0.2) is 83.8 Å². The van der Waals surface area contributed by atoms with Gasteiger partial charge in [-0.15, -0.1) is 0 Å². The van der Waals surface area contributed by atoms with Crippen LogP contribution in [0.2, 0.25) is 0 Å². The summed E-state index contributed by atoms with van der Waals surface area (Å²) in [4.78, 5) is 12.7. The van der Waals surface area contributed by atoms with E-state index >= 15 is 0 Å². The molecule has 156 valence electrons. The predicted molar refractivity (Wildman–Crippen MR) is 117 cm³/mol. The van der Waals surface area contributed by atoms with Gasteiger partial charge in [0, 0.05) is 6.54 Å². The minimum atomic E-state index is -3.95. The topological polar surface area (TPSA) is 75.7 Å². The zero-order valence-electron chi connectivity index (χ0n) is 16.9. The number of carbonyl (C=O) groups is 1. The molecule has 7 heteroatoms. The molecule has 6 nitrogen and oxygen atoms in total. The highest BCUT2D eigenvalue weighted by Gasteiger charge is 2.27. The molecule has 1 amide bonds. The zero-order chi connectivity index (χ0) is 21.6. The van der Waals surface area contributed by atoms with Crippen molar-refractivity contribution < 1.29 is 17.9 Å². The van der Waals surface area contributed by atoms with Gasteiger partial charge in [-0.1, -0.05) is 48.0 Å². The summed E-state index contributed by atoms with van der Waals surface area (Å²) >= 11 is 0. The van der Waals surface area contributed by atoms with E-state index in [0.717, 1.165) is 15.4 Å². The maximum absolute atomic E-state index is 13.3. The Labute approximate surface area is 177 Å². The average molecular weight is 425 g/mol. The SMILES string of the molecule is COc1ccc(S(=O)(=O)N(CC(=O)NCc2cccc(C)c2)c2ccccc2)cc1. The fourth-order valence-corrected chi connectivity index (χ4v) is 4.41. The fraction of sp³-hybridized carbons (Fsp3) is 0.174. The van der Waals surface area contributed by atoms with Crippen molar-refractivity contribution in [2.45, 2.75) is 18.4 Å². The van der Waals surface area contributed by atoms with E-state index in [4.69, 9.17) is 4.74 Å². The lowest BCUT2D eigenvalue weighted by molar-refractivity contribution is -0.119. The first-order valence-electron chi connectivity index (χ1n) is 9.44. The van der Waals surface area contributed by atoms with Crippen molar-refractivity contribution in [3.8, 4) is 5.75 Å². The quantitative estimate of drug-likeness (QED) is 0.600. The van der Waals surface area contributed by atoms with Crippen LogP contribution in [0.25, 0.3) is 0 Å². The summed E-state index contributed by atoms with van der Waals surface area (Å²) in [6.45, 7) is 1.97. The van der Waals surface area contributed by atoms with Gasteiger partial charge in [-0.2, -0.15) is 0 Å². The van der Waals surface area contributed by atoms with Crippen molar-refractivity contribution in [3.05, 3.63) is 90.0 Å². The molecule has 0 unspecified atom stereocenters. The van der Waals surface area contributed by atoms with Crippen molar-refractivity contribution in [1.82, 2.24) is 5.32 Å². The number of anilines is 1. The Hall–Kier alpha value is -3.32. The van der Waals surface area contributed by atoms with E-state index in [2.05, 4.69) is 5.32 Å². The fourth-order valence-electron chi connectivity index (χ4n) is 2.99. The van der Waals surface area contributed by atoms with Crippen molar-refractivity contribution in [2.75, 3.05) is 18.0 Å². The minimum Gasteiger partial charge on any atom is -0.497 e. The Kier molecular flexibility index (Phi) is 6.74. The summed E-state index contributed by atoms with van der Waals surface area (Å²) in [6.07, 6.45) is 0. The van der Waals surface area contributed by atoms with Crippen LogP contribution in [0.1, 0.15) is 11.1 Å². The molecule has 0 fully saturated rings. The van der Waals surface area contributed by atoms with Gasteiger partial charge in [-0.25, -0.2) is 8.42 Å². The molecule has 0 heterocycles. The third-order valence-corrected chi connectivity index (χ3v) is 6.34. The van der Waals surface area contributed by atoms with Gasteiger partial charge in [0.15, 0.2) is 0 Å². The van der Waals surface area contributed by atoms with Gasteiger partial charge in [-0.05, 0) is 48.9 Å². The first-order chi connectivity index (χ1) is 14.4. The second-order valence-electron chi connectivity index (χ2n) is 6.79. The normalized spacial score (nSPS) is 11.0. The van der Waals surface area contributed by atoms with E-state index in [-0.39, 0.29) is 11.4 Å². The molecule has 0 radical (unpaired) electrons. The largest absolute Gasteiger partial charge is 0.497 e. The highest BCUT2D eigenvalue weighted by Crippen LogP contribution is 2.24. The van der Waals surface area contributed by atoms with Crippen molar-refractivity contribution >= 4 is 21.6 Å². The summed E-state index contributed by atoms with van der Waals surface area (Å²) in [5.41, 5.74) is 2.46. The van der Waals surface area contributed by atoms with Gasteiger partial charge in [-0.3, -0.25) is 9.10 Å². The molecule has 0 spiro atoms. The number of ether oxygens (including phenoxy) is 1. The summed E-state index contributed by atoms with van der Waals surface area (Å²) in [7, 11) is -2.43. The number of hydrogen-bond donors (Lipinski definition) is 1. The van der Waals surface area contributed by atoms with Gasteiger partial charge in [0.05, 0.1) is 17.7 Å². The number of aryl methyl sites for hydroxylation is 1. The number of carbonyl (C=O) groups excluding carboxylic acids is 1. The maximum atomic E-state index is 13.3. The first-order valence-corrected chi connectivity index (χ1v) is 10.9. The van der Waals surface area contributed by atoms with Crippen LogP contribution in [0.4, 0.5) is 5.69 Å². The number of nitrogens with one attached hydrogen (secondary N) is 1. The Bertz CT molecular complexity index is 1100. The highest BCUT2D eigenvalue weighted by atomic mass is 32.2. The molecule has 3 aromatic rings. The third kappa shape index (κ3) is 5.18. The van der Waals surface area contributed by atoms with Crippen LogP contribution >= 0.6 is 0 Å². The summed E-state index contributed by atoms with van der Waals surface area (Å²) < 4.78 is 32.8. The lowest BCUT2D eigenvalue weighted by atomic mass is 10.1. The molecule has 1 N–H and O–H groups in total. The predicted octanol–water partition coefficient (Wildman–Crippen LogP) is 3.52. The Morgan fingerprint density at radius 3 is 2.30 bits per heavy atom. The van der Waals surface area contributed by atoms with Crippen molar-refractivity contribution in [2.24, 2.45) is 0 Å². The van der Waals surface area contributed by atoms with E-state index in [1.165, 1.54) is 19.2 Å². The number of amides is 1. The molecule has 30 heavy (non-hydrogen) atoms. The van der Waals surface area contributed by atoms with Crippen LogP contribution in [-0.4, -0.2) is 28.0 Å². The van der Waals surface area contributed by atoms with Gasteiger partial charge in [0.2, 0.25) is 5.91 Å². The Balaban J connectivity index is 1.82. The van der Waals surface area contributed by atoms with E-state index < -0.39 is 15.9 Å². The van der Waals surface area contributed by atoms with Crippen LogP contribution in [0, 0.1) is 6.92 Å². The van der Waals surface area contributed by atoms with Crippen molar-refractivity contribution in [3.63, 3.8) is 0 Å². The molecule has 0 atom stereocenters. The molecular weight excluding hydrogens is 400 g/mol. The molecule has 3 aromatic carbocycles. The van der Waals surface area contributed by atoms with Gasteiger partial charge >= 0.3 is 0 Å². The van der Waals surface area contributed by atoms with E-state index in [1.807, 2.05) is 31.2 Å². The standard InChI is InChI=1S/C23H24N2O4S/c1-18-7-6-8-19(15-18)16-24-23(26)17-25(20-9-4-3-5-10-20)30(27,28)22-13-11-21(29-2)12-14-22/h3-15H,16-17H2,1-2H3,(H,24,26). The molecule has 0 bridgehead atoms. The number of hydrogen-bond acceptors (Lipinski definition) is 4. The molecule has 0 saturated carbocycles. The summed E-state index contributed by atoms with van der Waals surface area (Å²) in [5, 5.41) is 2.80. The number of rotatable bonds is 8. The molecule has 0 aliphatic carbocycles. The second-order valence-corrected chi connectivity index (χ2v) is 8.65. The smallest absolute Gasteiger partial charge is 0.264 e. The van der Waals surface area contributed by atoms with Crippen LogP contribution in [0.3, 0.4) is 0 Å². The molecule has 0 aliphatic rings.